The topological polar surface area (TPSA) is 71.5 Å². The van der Waals surface area contributed by atoms with E-state index < -0.39 is 31.1 Å². The van der Waals surface area contributed by atoms with E-state index in [1.165, 1.54) is 24.4 Å². The summed E-state index contributed by atoms with van der Waals surface area (Å²) in [7, 11) is 1.28. The minimum absolute atomic E-state index is 0.245. The summed E-state index contributed by atoms with van der Waals surface area (Å²) < 4.78 is 41.0. The fraction of sp³-hybridized carbons (Fsp3) is 0.500. The largest absolute Gasteiger partial charge is 0.453 e. The van der Waals surface area contributed by atoms with Gasteiger partial charge in [0.15, 0.2) is 0 Å². The van der Waals surface area contributed by atoms with Crippen molar-refractivity contribution in [2.75, 3.05) is 20.2 Å². The predicted molar refractivity (Wildman–Crippen MR) is 73.8 cm³/mol. The molecule has 1 aliphatic heterocycles. The molecule has 0 radical (unpaired) electrons. The maximum atomic E-state index is 12.1. The van der Waals surface area contributed by atoms with Gasteiger partial charge in [-0.3, -0.25) is 9.78 Å². The zero-order valence-electron chi connectivity index (χ0n) is 12.4. The van der Waals surface area contributed by atoms with E-state index >= 15 is 0 Å². The zero-order valence-corrected chi connectivity index (χ0v) is 12.4. The van der Waals surface area contributed by atoms with Crippen molar-refractivity contribution >= 4 is 12.0 Å². The Kier molecular flexibility index (Phi) is 5.07. The molecule has 126 valence electrons. The van der Waals surface area contributed by atoms with Gasteiger partial charge in [0.05, 0.1) is 25.6 Å². The molecule has 0 unspecified atom stereocenters. The molecule has 0 saturated carbocycles. The second kappa shape index (κ2) is 6.84. The molecule has 0 atom stereocenters. The van der Waals surface area contributed by atoms with Gasteiger partial charge in [-0.05, 0) is 17.5 Å². The Labute approximate surface area is 130 Å². The van der Waals surface area contributed by atoms with Crippen molar-refractivity contribution in [1.82, 2.24) is 15.2 Å². The van der Waals surface area contributed by atoms with Gasteiger partial charge in [0.2, 0.25) is 0 Å². The Morgan fingerprint density at radius 2 is 2.13 bits per heavy atom. The van der Waals surface area contributed by atoms with Gasteiger partial charge >= 0.3 is 12.3 Å². The summed E-state index contributed by atoms with van der Waals surface area (Å²) in [4.78, 5) is 29.0. The number of aromatic nitrogens is 1. The molecule has 0 spiro atoms. The smallest absolute Gasteiger partial charge is 0.409 e. The lowest BCUT2D eigenvalue weighted by Crippen LogP contribution is -2.37. The van der Waals surface area contributed by atoms with Crippen LogP contribution in [0.2, 0.25) is 0 Å². The van der Waals surface area contributed by atoms with Crippen LogP contribution in [0.25, 0.3) is 0 Å². The summed E-state index contributed by atoms with van der Waals surface area (Å²) >= 11 is 0. The summed E-state index contributed by atoms with van der Waals surface area (Å²) in [5.74, 6) is -0.592. The van der Waals surface area contributed by atoms with Crippen molar-refractivity contribution in [1.29, 1.82) is 0 Å². The van der Waals surface area contributed by atoms with Gasteiger partial charge in [-0.1, -0.05) is 0 Å². The van der Waals surface area contributed by atoms with E-state index in [-0.39, 0.29) is 12.1 Å². The number of rotatable bonds is 3. The van der Waals surface area contributed by atoms with Crippen molar-refractivity contribution in [2.24, 2.45) is 0 Å². The van der Waals surface area contributed by atoms with Gasteiger partial charge in [0.25, 0.3) is 5.91 Å². The number of carbonyl (C=O) groups is 2. The molecule has 2 amide bonds. The Balaban J connectivity index is 2.08. The lowest BCUT2D eigenvalue weighted by Gasteiger charge is -2.28. The van der Waals surface area contributed by atoms with Crippen molar-refractivity contribution in [3.05, 3.63) is 29.1 Å². The fourth-order valence-electron chi connectivity index (χ4n) is 2.39. The van der Waals surface area contributed by atoms with E-state index in [0.717, 1.165) is 0 Å². The number of carbonyl (C=O) groups excluding carboxylic acids is 2. The minimum atomic E-state index is -4.32. The van der Waals surface area contributed by atoms with Gasteiger partial charge in [0.1, 0.15) is 0 Å². The standard InChI is InChI=1S/C14H16F3N3O3/c1-23-13(22)20-5-2-10-9(8-20)6-18-7-11(10)12(21)19-4-3-14(15,16)17/h6-7H,2-5,8H2,1H3,(H,19,21). The lowest BCUT2D eigenvalue weighted by molar-refractivity contribution is -0.132. The maximum absolute atomic E-state index is 12.1. The van der Waals surface area contributed by atoms with Crippen LogP contribution >= 0.6 is 0 Å². The first-order valence-electron chi connectivity index (χ1n) is 6.95. The molecule has 2 heterocycles. The molecule has 0 bridgehead atoms. The number of nitrogens with one attached hydrogen (secondary N) is 1. The van der Waals surface area contributed by atoms with Crippen LogP contribution in [0.3, 0.4) is 0 Å². The van der Waals surface area contributed by atoms with Crippen molar-refractivity contribution < 1.29 is 27.5 Å². The number of halogens is 3. The summed E-state index contributed by atoms with van der Waals surface area (Å²) in [6.07, 6.45) is -2.60. The van der Waals surface area contributed by atoms with Gasteiger partial charge in [-0.25, -0.2) is 4.79 Å². The van der Waals surface area contributed by atoms with Crippen molar-refractivity contribution in [3.63, 3.8) is 0 Å². The van der Waals surface area contributed by atoms with Crippen molar-refractivity contribution in [3.8, 4) is 0 Å². The quantitative estimate of drug-likeness (QED) is 0.918. The maximum Gasteiger partial charge on any atom is 0.409 e. The van der Waals surface area contributed by atoms with Gasteiger partial charge < -0.3 is 15.0 Å². The molecule has 1 aromatic heterocycles. The van der Waals surface area contributed by atoms with Crippen LogP contribution in [0.4, 0.5) is 18.0 Å². The molecular formula is C14H16F3N3O3. The second-order valence-corrected chi connectivity index (χ2v) is 5.09. The molecule has 2 rings (SSSR count). The normalized spacial score (nSPS) is 14.2. The molecule has 0 aromatic carbocycles. The highest BCUT2D eigenvalue weighted by atomic mass is 19.4. The fourth-order valence-corrected chi connectivity index (χ4v) is 2.39. The van der Waals surface area contributed by atoms with Gasteiger partial charge in [0, 0.05) is 25.5 Å². The lowest BCUT2D eigenvalue weighted by atomic mass is 9.97. The molecule has 6 nitrogen and oxygen atoms in total. The number of hydrogen-bond acceptors (Lipinski definition) is 4. The molecule has 1 aromatic rings. The van der Waals surface area contributed by atoms with Gasteiger partial charge in [-0.15, -0.1) is 0 Å². The monoisotopic (exact) mass is 331 g/mol. The number of ether oxygens (including phenoxy) is 1. The predicted octanol–water partition coefficient (Wildman–Crippen LogP) is 1.89. The summed E-state index contributed by atoms with van der Waals surface area (Å²) in [5, 5.41) is 2.25. The number of pyridine rings is 1. The molecule has 0 saturated heterocycles. The van der Waals surface area contributed by atoms with E-state index in [1.807, 2.05) is 0 Å². The zero-order chi connectivity index (χ0) is 17.0. The van der Waals surface area contributed by atoms with E-state index in [9.17, 15) is 22.8 Å². The third kappa shape index (κ3) is 4.33. The van der Waals surface area contributed by atoms with Crippen LogP contribution in [-0.4, -0.2) is 48.3 Å². The minimum Gasteiger partial charge on any atom is -0.453 e. The average molecular weight is 331 g/mol. The number of methoxy groups -OCH3 is 1. The summed E-state index contributed by atoms with van der Waals surface area (Å²) in [6, 6.07) is 0. The molecule has 0 fully saturated rings. The van der Waals surface area contributed by atoms with Crippen LogP contribution in [0.15, 0.2) is 12.4 Å². The van der Waals surface area contributed by atoms with Crippen molar-refractivity contribution in [2.45, 2.75) is 25.6 Å². The number of amides is 2. The number of fused-ring (bicyclic) bond motifs is 1. The Morgan fingerprint density at radius 3 is 2.78 bits per heavy atom. The highest BCUT2D eigenvalue weighted by molar-refractivity contribution is 5.95. The molecule has 1 aliphatic rings. The third-order valence-electron chi connectivity index (χ3n) is 3.51. The van der Waals surface area contributed by atoms with Gasteiger partial charge in [-0.2, -0.15) is 13.2 Å². The van der Waals surface area contributed by atoms with Crippen LogP contribution in [0, 0.1) is 0 Å². The van der Waals surface area contributed by atoms with Crippen LogP contribution in [0.1, 0.15) is 27.9 Å². The SMILES string of the molecule is COC(=O)N1CCc2c(cncc2C(=O)NCCC(F)(F)F)C1. The average Bonchev–Trinajstić information content (AvgIpc) is 2.51. The molecular weight excluding hydrogens is 315 g/mol. The van der Waals surface area contributed by atoms with E-state index in [1.54, 1.807) is 0 Å². The molecule has 23 heavy (non-hydrogen) atoms. The van der Waals surface area contributed by atoms with Crippen LogP contribution < -0.4 is 5.32 Å². The number of alkyl halides is 3. The highest BCUT2D eigenvalue weighted by Crippen LogP contribution is 2.22. The Hall–Kier alpha value is -2.32. The number of hydrogen-bond donors (Lipinski definition) is 1. The first-order valence-corrected chi connectivity index (χ1v) is 6.95. The Morgan fingerprint density at radius 1 is 1.39 bits per heavy atom. The highest BCUT2D eigenvalue weighted by Gasteiger charge is 2.28. The van der Waals surface area contributed by atoms with E-state index in [2.05, 4.69) is 15.0 Å². The van der Waals surface area contributed by atoms with E-state index in [0.29, 0.717) is 24.1 Å². The second-order valence-electron chi connectivity index (χ2n) is 5.09. The first-order chi connectivity index (χ1) is 10.8. The van der Waals surface area contributed by atoms with E-state index in [4.69, 9.17) is 0 Å². The number of nitrogens with zero attached hydrogens (tertiary/aromatic N) is 2. The summed E-state index contributed by atoms with van der Waals surface area (Å²) in [6.45, 7) is 0.130. The Bertz CT molecular complexity index is 605. The molecule has 0 aliphatic carbocycles. The molecule has 9 heteroatoms. The summed E-state index contributed by atoms with van der Waals surface area (Å²) in [5.41, 5.74) is 1.63. The van der Waals surface area contributed by atoms with Crippen LogP contribution in [0.5, 0.6) is 0 Å². The van der Waals surface area contributed by atoms with Crippen LogP contribution in [-0.2, 0) is 17.7 Å². The molecule has 1 N–H and O–H groups in total. The third-order valence-corrected chi connectivity index (χ3v) is 3.51. The first kappa shape index (κ1) is 17.0.